The van der Waals surface area contributed by atoms with Gasteiger partial charge in [0.1, 0.15) is 5.82 Å². The molecular weight excluding hydrogens is 254 g/mol. The first-order chi connectivity index (χ1) is 9.79. The van der Waals surface area contributed by atoms with Crippen LogP contribution in [0.5, 0.6) is 0 Å². The van der Waals surface area contributed by atoms with Crippen LogP contribution in [0.1, 0.15) is 24.6 Å². The number of hydrogen-bond donors (Lipinski definition) is 0. The number of hydroxylamine groups is 2. The van der Waals surface area contributed by atoms with Gasteiger partial charge in [-0.3, -0.25) is 0 Å². The zero-order valence-electron chi connectivity index (χ0n) is 11.2. The maximum atomic E-state index is 8.45. The first-order valence-electron chi connectivity index (χ1n) is 6.78. The number of rotatable bonds is 4. The molecule has 0 amide bonds. The van der Waals surface area contributed by atoms with Gasteiger partial charge in [0.25, 0.3) is 0 Å². The van der Waals surface area contributed by atoms with Crippen molar-refractivity contribution >= 4 is 0 Å². The molecule has 0 spiro atoms. The molecule has 2 saturated heterocycles. The summed E-state index contributed by atoms with van der Waals surface area (Å²) in [6, 6.07) is 10.2. The molecule has 0 aromatic heterocycles. The predicted molar refractivity (Wildman–Crippen MR) is 75.0 cm³/mol. The average Bonchev–Trinajstić information content (AvgIpc) is 3.29. The maximum absolute atomic E-state index is 8.45. The van der Waals surface area contributed by atoms with Crippen LogP contribution in [-0.4, -0.2) is 29.1 Å². The molecule has 6 nitrogen and oxygen atoms in total. The summed E-state index contributed by atoms with van der Waals surface area (Å²) in [5.41, 5.74) is 9.59. The zero-order chi connectivity index (χ0) is 13.9. The molecule has 2 aliphatic rings. The van der Waals surface area contributed by atoms with Gasteiger partial charge in [-0.1, -0.05) is 42.0 Å². The second-order valence-electron chi connectivity index (χ2n) is 5.03. The second kappa shape index (κ2) is 5.45. The van der Waals surface area contributed by atoms with E-state index in [1.165, 1.54) is 0 Å². The summed E-state index contributed by atoms with van der Waals surface area (Å²) in [7, 11) is 0. The lowest BCUT2D eigenvalue weighted by Gasteiger charge is -2.32. The van der Waals surface area contributed by atoms with Gasteiger partial charge in [-0.2, -0.15) is 5.06 Å². The van der Waals surface area contributed by atoms with Gasteiger partial charge in [0, 0.05) is 29.6 Å². The molecule has 1 aromatic rings. The van der Waals surface area contributed by atoms with Gasteiger partial charge in [-0.25, -0.2) is 4.84 Å². The number of nitrogens with zero attached hydrogens (tertiary/aromatic N) is 5. The molecule has 1 aromatic carbocycles. The summed E-state index contributed by atoms with van der Waals surface area (Å²) >= 11 is 0. The molecule has 0 saturated carbocycles. The standard InChI is InChI=1S/C14H17N5O/c1-11(18-9-7-13(8-10-18)16-17-15)19-14(20-19)12-5-3-2-4-6-12/h2-6,13-14H,1,7-10H2. The Bertz CT molecular complexity index is 532. The van der Waals surface area contributed by atoms with Crippen molar-refractivity contribution in [2.45, 2.75) is 25.1 Å². The Morgan fingerprint density at radius 2 is 2.00 bits per heavy atom. The van der Waals surface area contributed by atoms with Gasteiger partial charge in [0.15, 0.2) is 0 Å². The first-order valence-corrected chi connectivity index (χ1v) is 6.78. The smallest absolute Gasteiger partial charge is 0.208 e. The summed E-state index contributed by atoms with van der Waals surface area (Å²) in [4.78, 5) is 10.7. The first kappa shape index (κ1) is 12.8. The molecule has 6 heteroatoms. The second-order valence-corrected chi connectivity index (χ2v) is 5.03. The van der Waals surface area contributed by atoms with Crippen molar-refractivity contribution in [3.8, 4) is 0 Å². The van der Waals surface area contributed by atoms with E-state index in [-0.39, 0.29) is 12.3 Å². The van der Waals surface area contributed by atoms with Crippen molar-refractivity contribution in [2.24, 2.45) is 5.11 Å². The van der Waals surface area contributed by atoms with Gasteiger partial charge < -0.3 is 4.90 Å². The number of hydrogen-bond acceptors (Lipinski definition) is 4. The van der Waals surface area contributed by atoms with E-state index in [0.717, 1.165) is 37.3 Å². The molecule has 1 unspecified atom stereocenters. The topological polar surface area (TPSA) is 67.5 Å². The highest BCUT2D eigenvalue weighted by Gasteiger charge is 2.41. The molecule has 2 fully saturated rings. The highest BCUT2D eigenvalue weighted by Crippen LogP contribution is 2.41. The number of benzene rings is 1. The lowest BCUT2D eigenvalue weighted by molar-refractivity contribution is 0.151. The fourth-order valence-electron chi connectivity index (χ4n) is 2.54. The average molecular weight is 271 g/mol. The third-order valence-corrected chi connectivity index (χ3v) is 3.76. The van der Waals surface area contributed by atoms with Crippen molar-refractivity contribution in [3.63, 3.8) is 0 Å². The highest BCUT2D eigenvalue weighted by molar-refractivity contribution is 5.20. The largest absolute Gasteiger partial charge is 0.357 e. The Balaban J connectivity index is 1.55. The minimum atomic E-state index is -0.0152. The summed E-state index contributed by atoms with van der Waals surface area (Å²) in [6.07, 6.45) is 1.72. The third-order valence-electron chi connectivity index (χ3n) is 3.76. The van der Waals surface area contributed by atoms with Crippen LogP contribution in [0.25, 0.3) is 10.4 Å². The minimum absolute atomic E-state index is 0.0152. The van der Waals surface area contributed by atoms with E-state index in [1.54, 1.807) is 0 Å². The van der Waals surface area contributed by atoms with Gasteiger partial charge in [-0.15, -0.1) is 0 Å². The molecule has 2 heterocycles. The monoisotopic (exact) mass is 271 g/mol. The van der Waals surface area contributed by atoms with Crippen LogP contribution in [0.3, 0.4) is 0 Å². The van der Waals surface area contributed by atoms with E-state index in [2.05, 4.69) is 21.5 Å². The fraction of sp³-hybridized carbons (Fsp3) is 0.429. The van der Waals surface area contributed by atoms with Crippen LogP contribution in [-0.2, 0) is 4.84 Å². The van der Waals surface area contributed by atoms with Gasteiger partial charge in [-0.05, 0) is 18.4 Å². The Morgan fingerprint density at radius 3 is 2.65 bits per heavy atom. The Hall–Kier alpha value is -2.17. The van der Waals surface area contributed by atoms with Gasteiger partial charge in [0.05, 0.1) is 0 Å². The van der Waals surface area contributed by atoms with E-state index in [1.807, 2.05) is 35.4 Å². The lowest BCUT2D eigenvalue weighted by atomic mass is 10.1. The summed E-state index contributed by atoms with van der Waals surface area (Å²) in [5.74, 6) is 0.887. The van der Waals surface area contributed by atoms with Gasteiger partial charge in [0.2, 0.25) is 6.23 Å². The molecule has 0 bridgehead atoms. The SMILES string of the molecule is C=C(N1CCC(N=[N+]=[N-])CC1)N1OC1c1ccccc1. The molecule has 3 rings (SSSR count). The van der Waals surface area contributed by atoms with Crippen molar-refractivity contribution < 1.29 is 4.84 Å². The quantitative estimate of drug-likeness (QED) is 0.365. The number of likely N-dealkylation sites (tertiary alicyclic amines) is 1. The fourth-order valence-corrected chi connectivity index (χ4v) is 2.54. The summed E-state index contributed by atoms with van der Waals surface area (Å²) < 4.78 is 0. The van der Waals surface area contributed by atoms with Crippen LogP contribution in [0.15, 0.2) is 47.8 Å². The Morgan fingerprint density at radius 1 is 1.30 bits per heavy atom. The molecular formula is C14H17N5O. The van der Waals surface area contributed by atoms with Crippen molar-refractivity contribution in [2.75, 3.05) is 13.1 Å². The predicted octanol–water partition coefficient (Wildman–Crippen LogP) is 3.18. The molecule has 0 aliphatic carbocycles. The Labute approximate surface area is 117 Å². The van der Waals surface area contributed by atoms with E-state index in [4.69, 9.17) is 10.4 Å². The van der Waals surface area contributed by atoms with Crippen molar-refractivity contribution in [1.29, 1.82) is 0 Å². The van der Waals surface area contributed by atoms with Crippen LogP contribution in [0, 0.1) is 0 Å². The lowest BCUT2D eigenvalue weighted by Crippen LogP contribution is -2.36. The van der Waals surface area contributed by atoms with Crippen molar-refractivity contribution in [3.05, 3.63) is 58.7 Å². The molecule has 0 radical (unpaired) electrons. The van der Waals surface area contributed by atoms with Gasteiger partial charge >= 0.3 is 0 Å². The molecule has 1 atom stereocenters. The molecule has 2 aliphatic heterocycles. The van der Waals surface area contributed by atoms with E-state index >= 15 is 0 Å². The zero-order valence-corrected chi connectivity index (χ0v) is 11.2. The number of azide groups is 1. The third kappa shape index (κ3) is 2.57. The van der Waals surface area contributed by atoms with Crippen LogP contribution >= 0.6 is 0 Å². The van der Waals surface area contributed by atoms with Crippen LogP contribution < -0.4 is 0 Å². The summed E-state index contributed by atoms with van der Waals surface area (Å²) in [6.45, 7) is 5.81. The molecule has 104 valence electrons. The van der Waals surface area contributed by atoms with Crippen molar-refractivity contribution in [1.82, 2.24) is 9.96 Å². The van der Waals surface area contributed by atoms with E-state index < -0.39 is 0 Å². The Kier molecular flexibility index (Phi) is 3.50. The van der Waals surface area contributed by atoms with Crippen LogP contribution in [0.2, 0.25) is 0 Å². The normalized spacial score (nSPS) is 22.3. The minimum Gasteiger partial charge on any atom is -0.357 e. The summed E-state index contributed by atoms with van der Waals surface area (Å²) in [5, 5.41) is 5.62. The molecule has 20 heavy (non-hydrogen) atoms. The van der Waals surface area contributed by atoms with E-state index in [9.17, 15) is 0 Å². The highest BCUT2D eigenvalue weighted by atomic mass is 16.8. The molecule has 0 N–H and O–H groups in total. The maximum Gasteiger partial charge on any atom is 0.208 e. The number of piperidine rings is 1. The van der Waals surface area contributed by atoms with E-state index in [0.29, 0.717) is 0 Å². The van der Waals surface area contributed by atoms with Crippen LogP contribution in [0.4, 0.5) is 0 Å².